The highest BCUT2D eigenvalue weighted by atomic mass is 31.2. The molecule has 0 fully saturated rings. The second kappa shape index (κ2) is 4.82. The van der Waals surface area contributed by atoms with Crippen LogP contribution in [-0.4, -0.2) is 39.3 Å². The first-order chi connectivity index (χ1) is 4.95. The molecule has 0 aliphatic rings. The topological polar surface area (TPSA) is 107 Å². The van der Waals surface area contributed by atoms with Crippen molar-refractivity contribution in [3.63, 3.8) is 0 Å². The Kier molecular flexibility index (Phi) is 4.83. The van der Waals surface area contributed by atoms with Crippen LogP contribution in [0.15, 0.2) is 0 Å². The summed E-state index contributed by atoms with van der Waals surface area (Å²) < 4.78 is 14.0. The molecule has 4 N–H and O–H groups in total. The van der Waals surface area contributed by atoms with Gasteiger partial charge in [0.2, 0.25) is 0 Å². The minimum Gasteiger partial charge on any atom is -0.394 e. The van der Waals surface area contributed by atoms with E-state index < -0.39 is 20.5 Å². The molecule has 0 aromatic heterocycles. The standard InChI is InChI=1S/C4H11O6P/c5-3-4(6)1-2-10-11(7,8)9/h4-6H,1-3H2,(H2,7,8,9). The second-order valence-corrected chi connectivity index (χ2v) is 3.19. The Morgan fingerprint density at radius 1 is 1.45 bits per heavy atom. The maximum absolute atomic E-state index is 10.0. The third kappa shape index (κ3) is 7.93. The summed E-state index contributed by atoms with van der Waals surface area (Å²) in [5, 5.41) is 16.9. The Bertz CT molecular complexity index is 142. The van der Waals surface area contributed by atoms with Gasteiger partial charge in [0.25, 0.3) is 0 Å². The van der Waals surface area contributed by atoms with Crippen molar-refractivity contribution >= 4 is 7.82 Å². The van der Waals surface area contributed by atoms with Gasteiger partial charge in [0, 0.05) is 0 Å². The highest BCUT2D eigenvalue weighted by Crippen LogP contribution is 2.35. The summed E-state index contributed by atoms with van der Waals surface area (Å²) in [6.45, 7) is -0.712. The first-order valence-corrected chi connectivity index (χ1v) is 4.48. The molecule has 0 saturated heterocycles. The molecule has 0 aliphatic heterocycles. The van der Waals surface area contributed by atoms with Gasteiger partial charge in [-0.3, -0.25) is 4.52 Å². The molecule has 11 heavy (non-hydrogen) atoms. The minimum absolute atomic E-state index is 0.00160. The third-order valence-corrected chi connectivity index (χ3v) is 1.44. The predicted octanol–water partition coefficient (Wildman–Crippen LogP) is -1.16. The Labute approximate surface area is 63.7 Å². The molecular formula is C4H11O6P. The van der Waals surface area contributed by atoms with E-state index in [1.54, 1.807) is 0 Å². The number of hydrogen-bond acceptors (Lipinski definition) is 4. The van der Waals surface area contributed by atoms with Crippen LogP contribution in [0.5, 0.6) is 0 Å². The van der Waals surface area contributed by atoms with Gasteiger partial charge in [-0.15, -0.1) is 0 Å². The Hall–Kier alpha value is 0.0300. The monoisotopic (exact) mass is 186 g/mol. The number of phosphoric ester groups is 1. The van der Waals surface area contributed by atoms with Crippen molar-refractivity contribution in [1.29, 1.82) is 0 Å². The lowest BCUT2D eigenvalue weighted by molar-refractivity contribution is 0.0699. The molecule has 0 spiro atoms. The van der Waals surface area contributed by atoms with E-state index in [4.69, 9.17) is 20.0 Å². The van der Waals surface area contributed by atoms with Crippen molar-refractivity contribution in [1.82, 2.24) is 0 Å². The number of phosphoric acid groups is 1. The van der Waals surface area contributed by atoms with Gasteiger partial charge in [-0.25, -0.2) is 4.57 Å². The Morgan fingerprint density at radius 3 is 2.36 bits per heavy atom. The molecule has 7 heteroatoms. The first-order valence-electron chi connectivity index (χ1n) is 2.94. The summed E-state index contributed by atoms with van der Waals surface area (Å²) >= 11 is 0. The number of aliphatic hydroxyl groups excluding tert-OH is 2. The van der Waals surface area contributed by atoms with E-state index in [0.29, 0.717) is 0 Å². The van der Waals surface area contributed by atoms with Gasteiger partial charge in [0.05, 0.1) is 19.3 Å². The normalized spacial score (nSPS) is 14.9. The molecule has 1 unspecified atom stereocenters. The van der Waals surface area contributed by atoms with Gasteiger partial charge in [-0.05, 0) is 6.42 Å². The fraction of sp³-hybridized carbons (Fsp3) is 1.00. The van der Waals surface area contributed by atoms with E-state index in [-0.39, 0.29) is 13.0 Å². The summed E-state index contributed by atoms with van der Waals surface area (Å²) in [6.07, 6.45) is -0.983. The highest BCUT2D eigenvalue weighted by Gasteiger charge is 2.13. The molecule has 0 saturated carbocycles. The maximum Gasteiger partial charge on any atom is 0.469 e. The lowest BCUT2D eigenvalue weighted by Crippen LogP contribution is -2.14. The van der Waals surface area contributed by atoms with Crippen LogP contribution in [0.4, 0.5) is 0 Å². The van der Waals surface area contributed by atoms with Crippen LogP contribution >= 0.6 is 7.82 Å². The van der Waals surface area contributed by atoms with Gasteiger partial charge in [0.1, 0.15) is 0 Å². The summed E-state index contributed by atoms with van der Waals surface area (Å²) in [5.41, 5.74) is 0. The van der Waals surface area contributed by atoms with Crippen molar-refractivity contribution in [2.24, 2.45) is 0 Å². The largest absolute Gasteiger partial charge is 0.469 e. The summed E-state index contributed by atoms with van der Waals surface area (Å²) in [7, 11) is -4.43. The molecule has 0 aromatic carbocycles. The van der Waals surface area contributed by atoms with E-state index in [0.717, 1.165) is 0 Å². The van der Waals surface area contributed by atoms with E-state index >= 15 is 0 Å². The SMILES string of the molecule is O=P(O)(O)OCCC(O)CO. The van der Waals surface area contributed by atoms with Crippen LogP contribution in [0.1, 0.15) is 6.42 Å². The van der Waals surface area contributed by atoms with Gasteiger partial charge in [-0.2, -0.15) is 0 Å². The zero-order valence-corrected chi connectivity index (χ0v) is 6.65. The van der Waals surface area contributed by atoms with Gasteiger partial charge in [-0.1, -0.05) is 0 Å². The second-order valence-electron chi connectivity index (χ2n) is 1.95. The van der Waals surface area contributed by atoms with E-state index in [9.17, 15) is 4.57 Å². The average molecular weight is 186 g/mol. The maximum atomic E-state index is 10.0. The fourth-order valence-corrected chi connectivity index (χ4v) is 0.742. The van der Waals surface area contributed by atoms with Crippen LogP contribution in [0, 0.1) is 0 Å². The molecule has 0 aliphatic carbocycles. The molecule has 1 atom stereocenters. The number of rotatable bonds is 5. The lowest BCUT2D eigenvalue weighted by Gasteiger charge is -2.07. The van der Waals surface area contributed by atoms with Crippen LogP contribution in [0.3, 0.4) is 0 Å². The van der Waals surface area contributed by atoms with Crippen LogP contribution in [0.2, 0.25) is 0 Å². The molecule has 0 heterocycles. The molecular weight excluding hydrogens is 175 g/mol. The first kappa shape index (κ1) is 11.0. The van der Waals surface area contributed by atoms with Crippen LogP contribution in [0.25, 0.3) is 0 Å². The average Bonchev–Trinajstić information content (AvgIpc) is 1.85. The van der Waals surface area contributed by atoms with E-state index in [2.05, 4.69) is 4.52 Å². The fourth-order valence-electron chi connectivity index (χ4n) is 0.399. The lowest BCUT2D eigenvalue weighted by atomic mass is 10.3. The summed E-state index contributed by atoms with van der Waals surface area (Å²) in [6, 6.07) is 0. The van der Waals surface area contributed by atoms with Gasteiger partial charge in [0.15, 0.2) is 0 Å². The predicted molar refractivity (Wildman–Crippen MR) is 35.7 cm³/mol. The third-order valence-electron chi connectivity index (χ3n) is 0.921. The van der Waals surface area contributed by atoms with Crippen LogP contribution in [-0.2, 0) is 9.09 Å². The molecule has 6 nitrogen and oxygen atoms in total. The zero-order chi connectivity index (χ0) is 8.91. The Morgan fingerprint density at radius 2 is 2.00 bits per heavy atom. The quantitative estimate of drug-likeness (QED) is 0.403. The number of hydrogen-bond donors (Lipinski definition) is 4. The zero-order valence-electron chi connectivity index (χ0n) is 5.75. The molecule has 0 aromatic rings. The van der Waals surface area contributed by atoms with E-state index in [1.165, 1.54) is 0 Å². The molecule has 0 bridgehead atoms. The molecule has 0 radical (unpaired) electrons. The Balaban J connectivity index is 3.35. The van der Waals surface area contributed by atoms with Gasteiger partial charge < -0.3 is 20.0 Å². The highest BCUT2D eigenvalue weighted by molar-refractivity contribution is 7.46. The molecule has 0 amide bonds. The van der Waals surface area contributed by atoms with Crippen LogP contribution < -0.4 is 0 Å². The summed E-state index contributed by atoms with van der Waals surface area (Å²) in [4.78, 5) is 16.3. The minimum atomic E-state index is -4.43. The smallest absolute Gasteiger partial charge is 0.394 e. The molecule has 68 valence electrons. The van der Waals surface area contributed by atoms with Gasteiger partial charge >= 0.3 is 7.82 Å². The van der Waals surface area contributed by atoms with Crippen molar-refractivity contribution in [3.8, 4) is 0 Å². The molecule has 0 rings (SSSR count). The van der Waals surface area contributed by atoms with Crippen molar-refractivity contribution in [2.45, 2.75) is 12.5 Å². The summed E-state index contributed by atoms with van der Waals surface area (Å²) in [5.74, 6) is 0. The van der Waals surface area contributed by atoms with E-state index in [1.807, 2.05) is 0 Å². The van der Waals surface area contributed by atoms with Crippen molar-refractivity contribution in [3.05, 3.63) is 0 Å². The number of aliphatic hydroxyl groups is 2. The van der Waals surface area contributed by atoms with Crippen molar-refractivity contribution in [2.75, 3.05) is 13.2 Å². The van der Waals surface area contributed by atoms with Crippen molar-refractivity contribution < 1.29 is 29.1 Å².